The second-order valence-corrected chi connectivity index (χ2v) is 8.67. The summed E-state index contributed by atoms with van der Waals surface area (Å²) in [5.41, 5.74) is 2.48. The molecule has 0 atom stereocenters. The molecule has 37 heavy (non-hydrogen) atoms. The summed E-state index contributed by atoms with van der Waals surface area (Å²) in [6.45, 7) is 4.18. The first-order chi connectivity index (χ1) is 17.9. The highest BCUT2D eigenvalue weighted by Crippen LogP contribution is 2.27. The zero-order valence-corrected chi connectivity index (χ0v) is 20.7. The Labute approximate surface area is 214 Å². The highest BCUT2D eigenvalue weighted by molar-refractivity contribution is 6.21. The van der Waals surface area contributed by atoms with Gasteiger partial charge in [0.2, 0.25) is 0 Å². The van der Waals surface area contributed by atoms with Crippen LogP contribution in [0.25, 0.3) is 17.1 Å². The van der Waals surface area contributed by atoms with Gasteiger partial charge >= 0.3 is 6.01 Å². The zero-order chi connectivity index (χ0) is 25.9. The third-order valence-electron chi connectivity index (χ3n) is 5.82. The van der Waals surface area contributed by atoms with Crippen molar-refractivity contribution in [1.82, 2.24) is 19.7 Å². The third-order valence-corrected chi connectivity index (χ3v) is 5.82. The maximum atomic E-state index is 12.5. The van der Waals surface area contributed by atoms with Crippen molar-refractivity contribution in [3.8, 4) is 34.6 Å². The smallest absolute Gasteiger partial charge is 0.336 e. The lowest BCUT2D eigenvalue weighted by molar-refractivity contribution is 0.0631. The van der Waals surface area contributed by atoms with E-state index in [0.29, 0.717) is 22.7 Å². The molecule has 1 aromatic heterocycles. The molecule has 188 valence electrons. The summed E-state index contributed by atoms with van der Waals surface area (Å²) in [6, 6.07) is 22.0. The van der Waals surface area contributed by atoms with Gasteiger partial charge in [-0.05, 0) is 74.5 Å². The number of carbonyl (C=O) groups is 2. The minimum atomic E-state index is -0.295. The van der Waals surface area contributed by atoms with Crippen molar-refractivity contribution in [1.29, 1.82) is 0 Å². The third kappa shape index (κ3) is 4.88. The van der Waals surface area contributed by atoms with Crippen molar-refractivity contribution >= 4 is 11.8 Å². The summed E-state index contributed by atoms with van der Waals surface area (Å²) >= 11 is 0. The van der Waals surface area contributed by atoms with Crippen molar-refractivity contribution in [3.63, 3.8) is 0 Å². The number of aromatic nitrogens is 3. The van der Waals surface area contributed by atoms with Gasteiger partial charge in [0, 0.05) is 5.56 Å². The highest BCUT2D eigenvalue weighted by atomic mass is 16.5. The Bertz CT molecular complexity index is 1390. The normalized spacial score (nSPS) is 12.7. The number of ether oxygens (including phenoxy) is 3. The Hall–Kier alpha value is -4.66. The summed E-state index contributed by atoms with van der Waals surface area (Å²) in [4.78, 5) is 30.9. The maximum Gasteiger partial charge on any atom is 0.336 e. The molecule has 1 aliphatic heterocycles. The molecule has 3 aromatic carbocycles. The Balaban J connectivity index is 1.30. The maximum absolute atomic E-state index is 12.5. The van der Waals surface area contributed by atoms with Crippen molar-refractivity contribution < 1.29 is 23.8 Å². The van der Waals surface area contributed by atoms with Gasteiger partial charge in [0.1, 0.15) is 18.1 Å². The second-order valence-electron chi connectivity index (χ2n) is 8.67. The van der Waals surface area contributed by atoms with Crippen LogP contribution in [-0.2, 0) is 0 Å². The van der Waals surface area contributed by atoms with E-state index < -0.39 is 0 Å². The second kappa shape index (κ2) is 10.1. The van der Waals surface area contributed by atoms with Gasteiger partial charge in [0.15, 0.2) is 5.82 Å². The lowest BCUT2D eigenvalue weighted by atomic mass is 10.1. The molecule has 1 aliphatic rings. The summed E-state index contributed by atoms with van der Waals surface area (Å²) in [6.07, 6.45) is -0.0718. The van der Waals surface area contributed by atoms with Gasteiger partial charge in [0.25, 0.3) is 11.8 Å². The first kappa shape index (κ1) is 24.1. The summed E-state index contributed by atoms with van der Waals surface area (Å²) in [5.74, 6) is 1.37. The Kier molecular flexibility index (Phi) is 6.59. The first-order valence-electron chi connectivity index (χ1n) is 11.9. The van der Waals surface area contributed by atoms with E-state index in [1.165, 1.54) is 4.90 Å². The number of hydrogen-bond acceptors (Lipinski definition) is 7. The molecule has 9 nitrogen and oxygen atoms in total. The molecule has 0 unspecified atom stereocenters. The molecule has 0 aliphatic carbocycles. The van der Waals surface area contributed by atoms with Crippen LogP contribution in [0, 0.1) is 0 Å². The lowest BCUT2D eigenvalue weighted by Crippen LogP contribution is -2.33. The van der Waals surface area contributed by atoms with Gasteiger partial charge in [-0.15, -0.1) is 5.10 Å². The van der Waals surface area contributed by atoms with Crippen LogP contribution in [0.2, 0.25) is 0 Å². The van der Waals surface area contributed by atoms with Gasteiger partial charge in [-0.25, -0.2) is 4.68 Å². The van der Waals surface area contributed by atoms with E-state index in [4.69, 9.17) is 14.2 Å². The van der Waals surface area contributed by atoms with Gasteiger partial charge in [-0.2, -0.15) is 4.98 Å². The number of amides is 2. The Morgan fingerprint density at radius 3 is 2.05 bits per heavy atom. The highest BCUT2D eigenvalue weighted by Gasteiger charge is 2.34. The molecule has 0 N–H and O–H groups in total. The van der Waals surface area contributed by atoms with E-state index in [1.807, 2.05) is 62.4 Å². The van der Waals surface area contributed by atoms with Crippen LogP contribution in [0.1, 0.15) is 34.6 Å². The number of carbonyl (C=O) groups excluding carboxylic acids is 2. The van der Waals surface area contributed by atoms with E-state index in [2.05, 4.69) is 10.1 Å². The quantitative estimate of drug-likeness (QED) is 0.316. The molecule has 9 heteroatoms. The monoisotopic (exact) mass is 498 g/mol. The first-order valence-corrected chi connectivity index (χ1v) is 11.9. The number of hydrogen-bond donors (Lipinski definition) is 0. The van der Waals surface area contributed by atoms with Gasteiger partial charge in [-0.1, -0.05) is 12.1 Å². The van der Waals surface area contributed by atoms with Crippen LogP contribution in [0.4, 0.5) is 0 Å². The number of fused-ring (bicyclic) bond motifs is 1. The van der Waals surface area contributed by atoms with Gasteiger partial charge < -0.3 is 14.2 Å². The summed E-state index contributed by atoms with van der Waals surface area (Å²) in [5, 5.41) is 4.54. The van der Waals surface area contributed by atoms with Crippen molar-refractivity contribution in [2.75, 3.05) is 20.3 Å². The fraction of sp³-hybridized carbons (Fsp3) is 0.214. The SMILES string of the molecule is COc1ccc(-n2nc(OC(C)C)nc2-c2ccc(OCCN3C(=O)c4ccccc4C3=O)cc2)cc1. The molecule has 5 rings (SSSR count). The summed E-state index contributed by atoms with van der Waals surface area (Å²) < 4.78 is 18.5. The molecular weight excluding hydrogens is 472 g/mol. The van der Waals surface area contributed by atoms with Crippen LogP contribution in [0.15, 0.2) is 72.8 Å². The fourth-order valence-corrected chi connectivity index (χ4v) is 4.04. The minimum absolute atomic E-state index is 0.0718. The van der Waals surface area contributed by atoms with E-state index in [0.717, 1.165) is 17.0 Å². The van der Waals surface area contributed by atoms with E-state index >= 15 is 0 Å². The fourth-order valence-electron chi connectivity index (χ4n) is 4.04. The van der Waals surface area contributed by atoms with Crippen molar-refractivity contribution in [3.05, 3.63) is 83.9 Å². The minimum Gasteiger partial charge on any atom is -0.497 e. The number of rotatable bonds is 9. The molecule has 0 saturated heterocycles. The largest absolute Gasteiger partial charge is 0.497 e. The molecule has 0 spiro atoms. The van der Waals surface area contributed by atoms with Crippen LogP contribution >= 0.6 is 0 Å². The number of imide groups is 1. The zero-order valence-electron chi connectivity index (χ0n) is 20.7. The molecular formula is C28H26N4O5. The standard InChI is InChI=1S/C28H26N4O5/c1-18(2)37-28-29-25(32(30-28)20-10-14-21(35-3)15-11-20)19-8-12-22(13-9-19)36-17-16-31-26(33)23-6-4-5-7-24(23)27(31)34/h4-15,18H,16-17H2,1-3H3. The van der Waals surface area contributed by atoms with E-state index in [9.17, 15) is 9.59 Å². The molecule has 0 saturated carbocycles. The predicted octanol–water partition coefficient (Wildman–Crippen LogP) is 4.41. The van der Waals surface area contributed by atoms with Crippen LogP contribution in [0.3, 0.4) is 0 Å². The Morgan fingerprint density at radius 2 is 1.46 bits per heavy atom. The van der Waals surface area contributed by atoms with Gasteiger partial charge in [0.05, 0.1) is 36.6 Å². The van der Waals surface area contributed by atoms with Crippen molar-refractivity contribution in [2.24, 2.45) is 0 Å². The van der Waals surface area contributed by atoms with E-state index in [-0.39, 0.29) is 37.1 Å². The Morgan fingerprint density at radius 1 is 0.838 bits per heavy atom. The van der Waals surface area contributed by atoms with Crippen LogP contribution < -0.4 is 14.2 Å². The lowest BCUT2D eigenvalue weighted by Gasteiger charge is -2.14. The molecule has 0 fully saturated rings. The summed E-state index contributed by atoms with van der Waals surface area (Å²) in [7, 11) is 1.62. The average molecular weight is 499 g/mol. The van der Waals surface area contributed by atoms with Gasteiger partial charge in [-0.3, -0.25) is 14.5 Å². The molecule has 2 amide bonds. The molecule has 0 radical (unpaired) electrons. The topological polar surface area (TPSA) is 95.8 Å². The van der Waals surface area contributed by atoms with Crippen molar-refractivity contribution in [2.45, 2.75) is 20.0 Å². The number of benzene rings is 3. The average Bonchev–Trinajstić information content (AvgIpc) is 3.43. The van der Waals surface area contributed by atoms with E-state index in [1.54, 1.807) is 36.1 Å². The van der Waals surface area contributed by atoms with Crippen LogP contribution in [-0.4, -0.2) is 57.8 Å². The predicted molar refractivity (Wildman–Crippen MR) is 136 cm³/mol. The molecule has 4 aromatic rings. The van der Waals surface area contributed by atoms with Crippen LogP contribution in [0.5, 0.6) is 17.5 Å². The number of nitrogens with zero attached hydrogens (tertiary/aromatic N) is 4. The molecule has 0 bridgehead atoms. The number of methoxy groups -OCH3 is 1. The molecule has 2 heterocycles.